The van der Waals surface area contributed by atoms with E-state index in [1.807, 2.05) is 31.2 Å². The molecule has 0 atom stereocenters. The van der Waals surface area contributed by atoms with Gasteiger partial charge in [-0.05, 0) is 19.1 Å². The SMILES string of the molecule is Cc1ccc(-c2nc(SCc3c(F)cccc3Cl)n[nH]2)cc1. The highest BCUT2D eigenvalue weighted by molar-refractivity contribution is 7.98. The maximum absolute atomic E-state index is 13.7. The van der Waals surface area contributed by atoms with Gasteiger partial charge in [0.1, 0.15) is 5.82 Å². The van der Waals surface area contributed by atoms with Crippen LogP contribution in [0, 0.1) is 12.7 Å². The smallest absolute Gasteiger partial charge is 0.209 e. The molecule has 0 aliphatic rings. The largest absolute Gasteiger partial charge is 0.258 e. The minimum absolute atomic E-state index is 0.311. The highest BCUT2D eigenvalue weighted by Crippen LogP contribution is 2.27. The lowest BCUT2D eigenvalue weighted by Crippen LogP contribution is -1.89. The van der Waals surface area contributed by atoms with Gasteiger partial charge in [-0.3, -0.25) is 5.10 Å². The molecule has 0 aliphatic heterocycles. The van der Waals surface area contributed by atoms with Crippen LogP contribution in [0.5, 0.6) is 0 Å². The van der Waals surface area contributed by atoms with E-state index >= 15 is 0 Å². The average molecular weight is 334 g/mol. The van der Waals surface area contributed by atoms with Crippen LogP contribution < -0.4 is 0 Å². The molecule has 22 heavy (non-hydrogen) atoms. The number of aromatic amines is 1. The maximum Gasteiger partial charge on any atom is 0.209 e. The lowest BCUT2D eigenvalue weighted by molar-refractivity contribution is 0.617. The summed E-state index contributed by atoms with van der Waals surface area (Å²) in [6.45, 7) is 2.03. The molecule has 1 N–H and O–H groups in total. The monoisotopic (exact) mass is 333 g/mol. The number of rotatable bonds is 4. The number of benzene rings is 2. The Morgan fingerprint density at radius 3 is 2.68 bits per heavy atom. The Balaban J connectivity index is 1.73. The van der Waals surface area contributed by atoms with Crippen LogP contribution in [0.2, 0.25) is 5.02 Å². The highest BCUT2D eigenvalue weighted by atomic mass is 35.5. The topological polar surface area (TPSA) is 41.6 Å². The van der Waals surface area contributed by atoms with E-state index < -0.39 is 0 Å². The number of nitrogens with zero attached hydrogens (tertiary/aromatic N) is 2. The molecule has 0 bridgehead atoms. The Hall–Kier alpha value is -1.85. The fourth-order valence-corrected chi connectivity index (χ4v) is 3.10. The Labute approximate surface area is 136 Å². The lowest BCUT2D eigenvalue weighted by atomic mass is 10.1. The van der Waals surface area contributed by atoms with Crippen molar-refractivity contribution in [1.82, 2.24) is 15.2 Å². The van der Waals surface area contributed by atoms with Gasteiger partial charge in [-0.1, -0.05) is 59.3 Å². The minimum atomic E-state index is -0.311. The van der Waals surface area contributed by atoms with Gasteiger partial charge in [-0.25, -0.2) is 9.37 Å². The normalized spacial score (nSPS) is 10.9. The third-order valence-corrected chi connectivity index (χ3v) is 4.43. The number of hydrogen-bond donors (Lipinski definition) is 1. The molecule has 0 saturated heterocycles. The van der Waals surface area contributed by atoms with Crippen molar-refractivity contribution in [2.75, 3.05) is 0 Å². The van der Waals surface area contributed by atoms with E-state index in [1.54, 1.807) is 12.1 Å². The summed E-state index contributed by atoms with van der Waals surface area (Å²) in [7, 11) is 0. The fourth-order valence-electron chi connectivity index (χ4n) is 1.96. The summed E-state index contributed by atoms with van der Waals surface area (Å²) >= 11 is 7.35. The van der Waals surface area contributed by atoms with Crippen molar-refractivity contribution < 1.29 is 4.39 Å². The van der Waals surface area contributed by atoms with Crippen molar-refractivity contribution in [2.24, 2.45) is 0 Å². The number of aromatic nitrogens is 3. The van der Waals surface area contributed by atoms with Crippen molar-refractivity contribution in [1.29, 1.82) is 0 Å². The molecule has 0 aliphatic carbocycles. The first-order valence-electron chi connectivity index (χ1n) is 6.68. The van der Waals surface area contributed by atoms with Crippen molar-refractivity contribution in [3.63, 3.8) is 0 Å². The van der Waals surface area contributed by atoms with E-state index in [0.717, 1.165) is 5.56 Å². The third-order valence-electron chi connectivity index (χ3n) is 3.20. The van der Waals surface area contributed by atoms with Crippen molar-refractivity contribution >= 4 is 23.4 Å². The number of nitrogens with one attached hydrogen (secondary N) is 1. The van der Waals surface area contributed by atoms with Gasteiger partial charge in [-0.2, -0.15) is 0 Å². The summed E-state index contributed by atoms with van der Waals surface area (Å²) < 4.78 is 13.7. The molecule has 1 heterocycles. The van der Waals surface area contributed by atoms with E-state index in [0.29, 0.717) is 27.3 Å². The van der Waals surface area contributed by atoms with Gasteiger partial charge < -0.3 is 0 Å². The zero-order valence-electron chi connectivity index (χ0n) is 11.8. The summed E-state index contributed by atoms with van der Waals surface area (Å²) in [6, 6.07) is 12.7. The summed E-state index contributed by atoms with van der Waals surface area (Å²) in [4.78, 5) is 4.42. The van der Waals surface area contributed by atoms with Crippen LogP contribution in [0.25, 0.3) is 11.4 Å². The summed E-state index contributed by atoms with van der Waals surface area (Å²) in [5, 5.41) is 8.03. The predicted molar refractivity (Wildman–Crippen MR) is 87.5 cm³/mol. The molecular formula is C16H13ClFN3S. The standard InChI is InChI=1S/C16H13ClFN3S/c1-10-5-7-11(8-6-10)15-19-16(21-20-15)22-9-12-13(17)3-2-4-14(12)18/h2-8H,9H2,1H3,(H,19,20,21). The molecule has 3 nitrogen and oxygen atoms in total. The molecule has 0 saturated carbocycles. The number of hydrogen-bond acceptors (Lipinski definition) is 3. The molecule has 6 heteroatoms. The molecule has 0 fully saturated rings. The quantitative estimate of drug-likeness (QED) is 0.693. The van der Waals surface area contributed by atoms with Crippen LogP contribution in [0.1, 0.15) is 11.1 Å². The van der Waals surface area contributed by atoms with Crippen LogP contribution in [0.15, 0.2) is 47.6 Å². The highest BCUT2D eigenvalue weighted by Gasteiger charge is 2.10. The molecule has 2 aromatic carbocycles. The van der Waals surface area contributed by atoms with Crippen molar-refractivity contribution in [3.05, 3.63) is 64.4 Å². The van der Waals surface area contributed by atoms with Crippen molar-refractivity contribution in [2.45, 2.75) is 17.8 Å². The van der Waals surface area contributed by atoms with Gasteiger partial charge in [0.15, 0.2) is 5.82 Å². The third kappa shape index (κ3) is 3.31. The Kier molecular flexibility index (Phi) is 4.45. The average Bonchev–Trinajstić information content (AvgIpc) is 2.96. The van der Waals surface area contributed by atoms with E-state index in [2.05, 4.69) is 15.2 Å². The van der Waals surface area contributed by atoms with Crippen LogP contribution in [0.3, 0.4) is 0 Å². The Morgan fingerprint density at radius 1 is 1.18 bits per heavy atom. The van der Waals surface area contributed by atoms with E-state index in [4.69, 9.17) is 11.6 Å². The fraction of sp³-hybridized carbons (Fsp3) is 0.125. The number of thioether (sulfide) groups is 1. The number of aryl methyl sites for hydroxylation is 1. The second kappa shape index (κ2) is 6.50. The minimum Gasteiger partial charge on any atom is -0.258 e. The summed E-state index contributed by atoms with van der Waals surface area (Å²) in [5.41, 5.74) is 2.62. The molecule has 0 radical (unpaired) electrons. The molecule has 112 valence electrons. The van der Waals surface area contributed by atoms with Crippen LogP contribution in [-0.4, -0.2) is 15.2 Å². The van der Waals surface area contributed by atoms with Crippen LogP contribution in [0.4, 0.5) is 4.39 Å². The van der Waals surface area contributed by atoms with E-state index in [9.17, 15) is 4.39 Å². The van der Waals surface area contributed by atoms with Crippen molar-refractivity contribution in [3.8, 4) is 11.4 Å². The molecule has 3 rings (SSSR count). The van der Waals surface area contributed by atoms with Gasteiger partial charge in [0, 0.05) is 21.9 Å². The first kappa shape index (κ1) is 15.1. The molecule has 3 aromatic rings. The number of halogens is 2. The molecule has 1 aromatic heterocycles. The van der Waals surface area contributed by atoms with Gasteiger partial charge in [0.05, 0.1) is 0 Å². The van der Waals surface area contributed by atoms with Crippen LogP contribution >= 0.6 is 23.4 Å². The zero-order chi connectivity index (χ0) is 15.5. The van der Waals surface area contributed by atoms with Gasteiger partial charge >= 0.3 is 0 Å². The summed E-state index contributed by atoms with van der Waals surface area (Å²) in [5.74, 6) is 0.771. The lowest BCUT2D eigenvalue weighted by Gasteiger charge is -2.03. The zero-order valence-corrected chi connectivity index (χ0v) is 13.4. The number of H-pyrrole nitrogens is 1. The second-order valence-electron chi connectivity index (χ2n) is 4.82. The summed E-state index contributed by atoms with van der Waals surface area (Å²) in [6.07, 6.45) is 0. The second-order valence-corrected chi connectivity index (χ2v) is 6.17. The first-order valence-corrected chi connectivity index (χ1v) is 8.05. The first-order chi connectivity index (χ1) is 10.6. The molecular weight excluding hydrogens is 321 g/mol. The Morgan fingerprint density at radius 2 is 1.95 bits per heavy atom. The molecule has 0 unspecified atom stereocenters. The molecule has 0 amide bonds. The Bertz CT molecular complexity index is 766. The van der Waals surface area contributed by atoms with E-state index in [1.165, 1.54) is 23.4 Å². The van der Waals surface area contributed by atoms with Crippen LogP contribution in [-0.2, 0) is 5.75 Å². The predicted octanol–water partition coefficient (Wildman–Crippen LogP) is 4.86. The van der Waals surface area contributed by atoms with Gasteiger partial charge in [-0.15, -0.1) is 5.10 Å². The maximum atomic E-state index is 13.7. The molecule has 0 spiro atoms. The van der Waals surface area contributed by atoms with Gasteiger partial charge in [0.25, 0.3) is 0 Å². The van der Waals surface area contributed by atoms with Gasteiger partial charge in [0.2, 0.25) is 5.16 Å². The van der Waals surface area contributed by atoms with E-state index in [-0.39, 0.29) is 5.82 Å².